The van der Waals surface area contributed by atoms with Gasteiger partial charge < -0.3 is 14.8 Å². The Balaban J connectivity index is 1.69. The summed E-state index contributed by atoms with van der Waals surface area (Å²) in [6.07, 6.45) is 3.02. The summed E-state index contributed by atoms with van der Waals surface area (Å²) in [5.41, 5.74) is 2.41. The molecule has 0 unspecified atom stereocenters. The van der Waals surface area contributed by atoms with Crippen LogP contribution in [0.4, 0.5) is 0 Å². The molecule has 2 rings (SSSR count). The molecule has 1 aromatic heterocycles. The largest absolute Gasteiger partial charge is 0.497 e. The lowest BCUT2D eigenvalue weighted by atomic mass is 10.2. The number of hydrogen-bond donors (Lipinski definition) is 1. The number of nitrogens with one attached hydrogen (secondary N) is 1. The van der Waals surface area contributed by atoms with Crippen molar-refractivity contribution in [1.82, 2.24) is 15.1 Å². The van der Waals surface area contributed by atoms with Gasteiger partial charge in [-0.1, -0.05) is 6.92 Å². The van der Waals surface area contributed by atoms with E-state index in [0.717, 1.165) is 36.7 Å². The molecule has 2 aromatic rings. The van der Waals surface area contributed by atoms with Crippen LogP contribution < -0.4 is 14.8 Å². The lowest BCUT2D eigenvalue weighted by molar-refractivity contribution is 0.313. The van der Waals surface area contributed by atoms with Crippen LogP contribution in [0.3, 0.4) is 0 Å². The lowest BCUT2D eigenvalue weighted by Gasteiger charge is -2.08. The van der Waals surface area contributed by atoms with Crippen molar-refractivity contribution in [2.24, 2.45) is 7.05 Å². The first-order valence-electron chi connectivity index (χ1n) is 7.22. The Hall–Kier alpha value is -2.01. The van der Waals surface area contributed by atoms with E-state index < -0.39 is 0 Å². The monoisotopic (exact) mass is 289 g/mol. The van der Waals surface area contributed by atoms with E-state index in [-0.39, 0.29) is 0 Å². The molecule has 1 heterocycles. The Morgan fingerprint density at radius 3 is 2.57 bits per heavy atom. The van der Waals surface area contributed by atoms with Gasteiger partial charge in [-0.05, 0) is 30.7 Å². The van der Waals surface area contributed by atoms with Crippen LogP contribution in [-0.4, -0.2) is 30.0 Å². The van der Waals surface area contributed by atoms with Gasteiger partial charge in [0.2, 0.25) is 0 Å². The first-order chi connectivity index (χ1) is 10.2. The standard InChI is InChI=1S/C16H23N3O2/c1-4-16-13(12-19(2)18-16)11-17-9-10-21-15-7-5-14(20-3)6-8-15/h5-8,12,17H,4,9-11H2,1-3H3. The third-order valence-electron chi connectivity index (χ3n) is 3.25. The van der Waals surface area contributed by atoms with Crippen LogP contribution in [0.2, 0.25) is 0 Å². The first-order valence-corrected chi connectivity index (χ1v) is 7.22. The van der Waals surface area contributed by atoms with Gasteiger partial charge in [0.15, 0.2) is 0 Å². The third-order valence-corrected chi connectivity index (χ3v) is 3.25. The average molecular weight is 289 g/mol. The Morgan fingerprint density at radius 2 is 1.90 bits per heavy atom. The van der Waals surface area contributed by atoms with Crippen LogP contribution in [0.15, 0.2) is 30.5 Å². The van der Waals surface area contributed by atoms with Crippen molar-refractivity contribution >= 4 is 0 Å². The number of aromatic nitrogens is 2. The molecule has 0 fully saturated rings. The fraction of sp³-hybridized carbons (Fsp3) is 0.438. The van der Waals surface area contributed by atoms with Gasteiger partial charge in [-0.25, -0.2) is 0 Å². The predicted octanol–water partition coefficient (Wildman–Crippen LogP) is 2.16. The number of aryl methyl sites for hydroxylation is 2. The molecule has 21 heavy (non-hydrogen) atoms. The Kier molecular flexibility index (Phi) is 5.63. The maximum atomic E-state index is 5.67. The van der Waals surface area contributed by atoms with Crippen LogP contribution in [-0.2, 0) is 20.0 Å². The topological polar surface area (TPSA) is 48.3 Å². The fourth-order valence-corrected chi connectivity index (χ4v) is 2.17. The van der Waals surface area contributed by atoms with Gasteiger partial charge in [0, 0.05) is 31.9 Å². The van der Waals surface area contributed by atoms with Crippen molar-refractivity contribution in [3.63, 3.8) is 0 Å². The summed E-state index contributed by atoms with van der Waals surface area (Å²) in [5.74, 6) is 1.69. The predicted molar refractivity (Wildman–Crippen MR) is 82.8 cm³/mol. The van der Waals surface area contributed by atoms with E-state index in [9.17, 15) is 0 Å². The molecule has 114 valence electrons. The minimum absolute atomic E-state index is 0.633. The van der Waals surface area contributed by atoms with E-state index in [2.05, 4.69) is 23.5 Å². The average Bonchev–Trinajstić information content (AvgIpc) is 2.87. The summed E-state index contributed by atoms with van der Waals surface area (Å²) in [6, 6.07) is 7.61. The van der Waals surface area contributed by atoms with Crippen molar-refractivity contribution in [3.8, 4) is 11.5 Å². The van der Waals surface area contributed by atoms with E-state index in [1.165, 1.54) is 5.56 Å². The molecule has 0 saturated heterocycles. The Bertz CT molecular complexity index is 549. The highest BCUT2D eigenvalue weighted by Gasteiger charge is 2.04. The van der Waals surface area contributed by atoms with Crippen LogP contribution in [0, 0.1) is 0 Å². The number of rotatable bonds is 8. The highest BCUT2D eigenvalue weighted by Crippen LogP contribution is 2.16. The van der Waals surface area contributed by atoms with Crippen LogP contribution in [0.1, 0.15) is 18.2 Å². The summed E-state index contributed by atoms with van der Waals surface area (Å²) in [4.78, 5) is 0. The molecule has 0 saturated carbocycles. The van der Waals surface area contributed by atoms with Crippen molar-refractivity contribution in [2.75, 3.05) is 20.3 Å². The van der Waals surface area contributed by atoms with E-state index >= 15 is 0 Å². The number of benzene rings is 1. The molecule has 0 bridgehead atoms. The summed E-state index contributed by atoms with van der Waals surface area (Å²) >= 11 is 0. The van der Waals surface area contributed by atoms with E-state index in [1.807, 2.05) is 36.0 Å². The molecular formula is C16H23N3O2. The number of ether oxygens (including phenoxy) is 2. The molecule has 0 aliphatic rings. The van der Waals surface area contributed by atoms with Crippen molar-refractivity contribution in [2.45, 2.75) is 19.9 Å². The summed E-state index contributed by atoms with van der Waals surface area (Å²) < 4.78 is 12.6. The van der Waals surface area contributed by atoms with E-state index in [4.69, 9.17) is 9.47 Å². The molecule has 0 spiro atoms. The number of methoxy groups -OCH3 is 1. The highest BCUT2D eigenvalue weighted by atomic mass is 16.5. The second-order valence-corrected chi connectivity index (χ2v) is 4.83. The molecular weight excluding hydrogens is 266 g/mol. The van der Waals surface area contributed by atoms with Crippen LogP contribution in [0.5, 0.6) is 11.5 Å². The second-order valence-electron chi connectivity index (χ2n) is 4.83. The van der Waals surface area contributed by atoms with Gasteiger partial charge in [0.05, 0.1) is 12.8 Å². The molecule has 0 amide bonds. The SMILES string of the molecule is CCc1nn(C)cc1CNCCOc1ccc(OC)cc1. The third kappa shape index (κ3) is 4.49. The van der Waals surface area contributed by atoms with Gasteiger partial charge in [0.1, 0.15) is 18.1 Å². The zero-order valence-corrected chi connectivity index (χ0v) is 12.9. The van der Waals surface area contributed by atoms with E-state index in [1.54, 1.807) is 7.11 Å². The maximum Gasteiger partial charge on any atom is 0.119 e. The van der Waals surface area contributed by atoms with Crippen molar-refractivity contribution in [1.29, 1.82) is 0 Å². The molecule has 0 radical (unpaired) electrons. The number of hydrogen-bond acceptors (Lipinski definition) is 4. The van der Waals surface area contributed by atoms with Crippen LogP contribution in [0.25, 0.3) is 0 Å². The fourth-order valence-electron chi connectivity index (χ4n) is 2.17. The molecule has 0 aliphatic heterocycles. The van der Waals surface area contributed by atoms with Gasteiger partial charge >= 0.3 is 0 Å². The molecule has 5 heteroatoms. The quantitative estimate of drug-likeness (QED) is 0.757. The first kappa shape index (κ1) is 15.4. The minimum Gasteiger partial charge on any atom is -0.497 e. The van der Waals surface area contributed by atoms with Crippen molar-refractivity contribution in [3.05, 3.63) is 41.7 Å². The number of nitrogens with zero attached hydrogens (tertiary/aromatic N) is 2. The van der Waals surface area contributed by atoms with Gasteiger partial charge in [-0.15, -0.1) is 0 Å². The Labute approximate surface area is 125 Å². The lowest BCUT2D eigenvalue weighted by Crippen LogP contribution is -2.20. The summed E-state index contributed by atoms with van der Waals surface area (Å²) in [5, 5.41) is 7.80. The molecule has 1 N–H and O–H groups in total. The second kappa shape index (κ2) is 7.69. The zero-order chi connectivity index (χ0) is 15.1. The van der Waals surface area contributed by atoms with Gasteiger partial charge in [-0.2, -0.15) is 5.10 Å². The Morgan fingerprint density at radius 1 is 1.19 bits per heavy atom. The zero-order valence-electron chi connectivity index (χ0n) is 12.9. The van der Waals surface area contributed by atoms with Gasteiger partial charge in [-0.3, -0.25) is 4.68 Å². The molecule has 1 aromatic carbocycles. The maximum absolute atomic E-state index is 5.67. The minimum atomic E-state index is 0.633. The van der Waals surface area contributed by atoms with Crippen LogP contribution >= 0.6 is 0 Å². The normalized spacial score (nSPS) is 10.6. The summed E-state index contributed by atoms with van der Waals surface area (Å²) in [7, 11) is 3.61. The smallest absolute Gasteiger partial charge is 0.119 e. The highest BCUT2D eigenvalue weighted by molar-refractivity contribution is 5.31. The van der Waals surface area contributed by atoms with Crippen molar-refractivity contribution < 1.29 is 9.47 Å². The van der Waals surface area contributed by atoms with Gasteiger partial charge in [0.25, 0.3) is 0 Å². The molecule has 0 aliphatic carbocycles. The molecule has 5 nitrogen and oxygen atoms in total. The van der Waals surface area contributed by atoms with E-state index in [0.29, 0.717) is 6.61 Å². The summed E-state index contributed by atoms with van der Waals surface area (Å²) in [6.45, 7) is 4.37. The molecule has 0 atom stereocenters.